The molecule has 0 radical (unpaired) electrons. The number of hydrogen-bond donors (Lipinski definition) is 0. The minimum atomic E-state index is 0.468. The maximum absolute atomic E-state index is 2.57. The van der Waals surface area contributed by atoms with Crippen molar-refractivity contribution in [2.75, 3.05) is 0 Å². The summed E-state index contributed by atoms with van der Waals surface area (Å²) in [6.07, 6.45) is 10.9. The summed E-state index contributed by atoms with van der Waals surface area (Å²) in [5, 5.41) is 0. The molecule has 0 rings (SSSR count). The van der Waals surface area contributed by atoms with E-state index in [0.29, 0.717) is 10.8 Å². The normalized spacial score (nSPS) is 18.0. The van der Waals surface area contributed by atoms with Crippen LogP contribution in [0.2, 0.25) is 0 Å². The first-order chi connectivity index (χ1) is 11.2. The van der Waals surface area contributed by atoms with Crippen LogP contribution in [0, 0.1) is 34.5 Å². The van der Waals surface area contributed by atoms with Crippen LogP contribution in [0.15, 0.2) is 0 Å². The molecule has 0 aliphatic rings. The first-order valence-electron chi connectivity index (χ1n) is 11.2. The van der Waals surface area contributed by atoms with Gasteiger partial charge in [0.25, 0.3) is 0 Å². The monoisotopic (exact) mass is 338 g/mol. The molecule has 24 heavy (non-hydrogen) atoms. The Morgan fingerprint density at radius 2 is 1.29 bits per heavy atom. The van der Waals surface area contributed by atoms with Crippen LogP contribution in [0.25, 0.3) is 0 Å². The van der Waals surface area contributed by atoms with Crippen molar-refractivity contribution in [3.63, 3.8) is 0 Å². The molecule has 0 aliphatic heterocycles. The summed E-state index contributed by atoms with van der Waals surface area (Å²) in [4.78, 5) is 0. The van der Waals surface area contributed by atoms with Crippen molar-refractivity contribution in [3.05, 3.63) is 0 Å². The van der Waals surface area contributed by atoms with Gasteiger partial charge in [-0.05, 0) is 60.2 Å². The van der Waals surface area contributed by atoms with Gasteiger partial charge in [0, 0.05) is 0 Å². The maximum atomic E-state index is 2.57. The van der Waals surface area contributed by atoms with Gasteiger partial charge in [0.1, 0.15) is 0 Å². The highest BCUT2D eigenvalue weighted by atomic mass is 14.5. The summed E-state index contributed by atoms with van der Waals surface area (Å²) in [5.41, 5.74) is 0.992. The number of rotatable bonds is 13. The van der Waals surface area contributed by atoms with Crippen molar-refractivity contribution < 1.29 is 0 Å². The molecule has 0 saturated carbocycles. The van der Waals surface area contributed by atoms with E-state index in [-0.39, 0.29) is 0 Å². The summed E-state index contributed by atoms with van der Waals surface area (Å²) in [6, 6.07) is 0. The van der Waals surface area contributed by atoms with E-state index < -0.39 is 0 Å². The summed E-state index contributed by atoms with van der Waals surface area (Å²) in [6.45, 7) is 24.6. The zero-order chi connectivity index (χ0) is 19.0. The van der Waals surface area contributed by atoms with Crippen molar-refractivity contribution in [1.82, 2.24) is 0 Å². The molecular formula is C24H50. The second-order valence-electron chi connectivity index (χ2n) is 9.51. The molecule has 3 unspecified atom stereocenters. The van der Waals surface area contributed by atoms with E-state index >= 15 is 0 Å². The van der Waals surface area contributed by atoms with Gasteiger partial charge >= 0.3 is 0 Å². The Morgan fingerprint density at radius 1 is 0.750 bits per heavy atom. The van der Waals surface area contributed by atoms with Gasteiger partial charge in [-0.15, -0.1) is 0 Å². The second-order valence-corrected chi connectivity index (χ2v) is 9.51. The molecule has 3 atom stereocenters. The first-order valence-corrected chi connectivity index (χ1v) is 11.2. The highest BCUT2D eigenvalue weighted by molar-refractivity contribution is 4.90. The van der Waals surface area contributed by atoms with Crippen molar-refractivity contribution in [1.29, 1.82) is 0 Å². The van der Waals surface area contributed by atoms with E-state index in [4.69, 9.17) is 0 Å². The molecular weight excluding hydrogens is 288 g/mol. The topological polar surface area (TPSA) is 0 Å². The smallest absolute Gasteiger partial charge is 0.0251 e. The fourth-order valence-corrected chi connectivity index (χ4v) is 5.62. The molecule has 0 N–H and O–H groups in total. The van der Waals surface area contributed by atoms with Gasteiger partial charge in [0.2, 0.25) is 0 Å². The molecule has 0 aromatic rings. The fourth-order valence-electron chi connectivity index (χ4n) is 5.62. The quantitative estimate of drug-likeness (QED) is 0.315. The van der Waals surface area contributed by atoms with Crippen LogP contribution in [0.5, 0.6) is 0 Å². The lowest BCUT2D eigenvalue weighted by atomic mass is 9.59. The zero-order valence-electron chi connectivity index (χ0n) is 19.0. The van der Waals surface area contributed by atoms with E-state index in [0.717, 1.165) is 23.7 Å². The molecule has 146 valence electrons. The largest absolute Gasteiger partial charge is 0.0654 e. The first kappa shape index (κ1) is 24.0. The lowest BCUT2D eigenvalue weighted by Crippen LogP contribution is -2.37. The SMILES string of the molecule is CCCC(C(CC)CC)C(C)(C)CCC(CC)(C(C)C)C(C)CC. The molecule has 0 spiro atoms. The lowest BCUT2D eigenvalue weighted by Gasteiger charge is -2.46. The Balaban J connectivity index is 5.34. The van der Waals surface area contributed by atoms with Gasteiger partial charge in [0.05, 0.1) is 0 Å². The van der Waals surface area contributed by atoms with E-state index in [2.05, 4.69) is 69.2 Å². The summed E-state index contributed by atoms with van der Waals surface area (Å²) in [7, 11) is 0. The molecule has 0 saturated heterocycles. The maximum Gasteiger partial charge on any atom is -0.0251 e. The molecule has 0 aliphatic carbocycles. The van der Waals surface area contributed by atoms with E-state index in [1.165, 1.54) is 51.4 Å². The van der Waals surface area contributed by atoms with Gasteiger partial charge in [-0.1, -0.05) is 94.9 Å². The summed E-state index contributed by atoms with van der Waals surface area (Å²) >= 11 is 0. The minimum Gasteiger partial charge on any atom is -0.0654 e. The zero-order valence-corrected chi connectivity index (χ0v) is 19.0. The predicted octanol–water partition coefficient (Wildman–Crippen LogP) is 8.74. The molecule has 0 heterocycles. The third-order valence-corrected chi connectivity index (χ3v) is 7.86. The standard InChI is InChI=1S/C24H50/c1-11-16-22(21(13-3)14-4)23(9,10)17-18-24(15-5,19(6)7)20(8)12-2/h19-22H,11-18H2,1-10H3. The highest BCUT2D eigenvalue weighted by Gasteiger charge is 2.40. The lowest BCUT2D eigenvalue weighted by molar-refractivity contribution is 0.0343. The highest BCUT2D eigenvalue weighted by Crippen LogP contribution is 2.50. The Kier molecular flexibility index (Phi) is 10.9. The second kappa shape index (κ2) is 10.9. The summed E-state index contributed by atoms with van der Waals surface area (Å²) in [5.74, 6) is 3.40. The van der Waals surface area contributed by atoms with Crippen molar-refractivity contribution in [3.8, 4) is 0 Å². The Bertz CT molecular complexity index is 310. The Hall–Kier alpha value is 0. The Morgan fingerprint density at radius 3 is 1.62 bits per heavy atom. The van der Waals surface area contributed by atoms with Gasteiger partial charge in [0.15, 0.2) is 0 Å². The molecule has 0 bridgehead atoms. The van der Waals surface area contributed by atoms with E-state index in [1.54, 1.807) is 0 Å². The van der Waals surface area contributed by atoms with Gasteiger partial charge < -0.3 is 0 Å². The third kappa shape index (κ3) is 5.77. The van der Waals surface area contributed by atoms with Gasteiger partial charge in [-0.3, -0.25) is 0 Å². The molecule has 0 nitrogen and oxygen atoms in total. The van der Waals surface area contributed by atoms with Crippen molar-refractivity contribution >= 4 is 0 Å². The van der Waals surface area contributed by atoms with Crippen LogP contribution in [0.4, 0.5) is 0 Å². The van der Waals surface area contributed by atoms with Crippen LogP contribution >= 0.6 is 0 Å². The van der Waals surface area contributed by atoms with Gasteiger partial charge in [-0.25, -0.2) is 0 Å². The molecule has 0 amide bonds. The average Bonchev–Trinajstić information content (AvgIpc) is 2.55. The molecule has 0 aromatic heterocycles. The average molecular weight is 339 g/mol. The van der Waals surface area contributed by atoms with E-state index in [1.807, 2.05) is 0 Å². The summed E-state index contributed by atoms with van der Waals surface area (Å²) < 4.78 is 0. The van der Waals surface area contributed by atoms with Crippen molar-refractivity contribution in [2.45, 2.75) is 121 Å². The van der Waals surface area contributed by atoms with Crippen molar-refractivity contribution in [2.24, 2.45) is 34.5 Å². The number of hydrogen-bond acceptors (Lipinski definition) is 0. The molecule has 0 aromatic carbocycles. The van der Waals surface area contributed by atoms with Crippen LogP contribution in [-0.4, -0.2) is 0 Å². The van der Waals surface area contributed by atoms with Crippen LogP contribution in [-0.2, 0) is 0 Å². The Labute approximate surface area is 155 Å². The molecule has 0 fully saturated rings. The third-order valence-electron chi connectivity index (χ3n) is 7.86. The minimum absolute atomic E-state index is 0.468. The van der Waals surface area contributed by atoms with E-state index in [9.17, 15) is 0 Å². The van der Waals surface area contributed by atoms with Gasteiger partial charge in [-0.2, -0.15) is 0 Å². The predicted molar refractivity (Wildman–Crippen MR) is 113 cm³/mol. The van der Waals surface area contributed by atoms with Crippen LogP contribution in [0.3, 0.4) is 0 Å². The van der Waals surface area contributed by atoms with Crippen LogP contribution in [0.1, 0.15) is 121 Å². The fraction of sp³-hybridized carbons (Fsp3) is 1.00. The molecule has 0 heteroatoms. The van der Waals surface area contributed by atoms with Crippen LogP contribution < -0.4 is 0 Å².